The summed E-state index contributed by atoms with van der Waals surface area (Å²) in [4.78, 5) is 20.5. The van der Waals surface area contributed by atoms with Crippen LogP contribution in [0.15, 0.2) is 42.6 Å². The van der Waals surface area contributed by atoms with Crippen molar-refractivity contribution in [1.82, 2.24) is 19.1 Å². The minimum absolute atomic E-state index is 0.256. The van der Waals surface area contributed by atoms with Crippen LogP contribution in [-0.2, 0) is 27.8 Å². The number of methoxy groups -OCH3 is 1. The number of ether oxygens (including phenoxy) is 1. The van der Waals surface area contributed by atoms with Crippen molar-refractivity contribution in [3.8, 4) is 0 Å². The number of rotatable bonds is 5. The maximum atomic E-state index is 13.4. The van der Waals surface area contributed by atoms with Gasteiger partial charge in [-0.25, -0.2) is 17.6 Å². The summed E-state index contributed by atoms with van der Waals surface area (Å²) >= 11 is 0. The van der Waals surface area contributed by atoms with Crippen molar-refractivity contribution in [1.29, 1.82) is 0 Å². The average molecular weight is 528 g/mol. The Balaban J connectivity index is 1.10. The third-order valence-corrected chi connectivity index (χ3v) is 9.44. The van der Waals surface area contributed by atoms with E-state index in [-0.39, 0.29) is 6.03 Å². The smallest absolute Gasteiger partial charge is 0.322 e. The van der Waals surface area contributed by atoms with Gasteiger partial charge in [0.15, 0.2) is 0 Å². The molecule has 9 nitrogen and oxygen atoms in total. The molecule has 0 radical (unpaired) electrons. The summed E-state index contributed by atoms with van der Waals surface area (Å²) in [6.07, 6.45) is 7.99. The average Bonchev–Trinajstić information content (AvgIpc) is 3.34. The Labute approximate surface area is 216 Å². The topological polar surface area (TPSA) is 94.8 Å². The molecule has 3 aliphatic heterocycles. The Hall–Kier alpha value is -2.86. The van der Waals surface area contributed by atoms with Crippen LogP contribution in [0.5, 0.6) is 0 Å². The maximum Gasteiger partial charge on any atom is 0.322 e. The molecule has 2 unspecified atom stereocenters. The van der Waals surface area contributed by atoms with Gasteiger partial charge >= 0.3 is 6.03 Å². The van der Waals surface area contributed by atoms with Gasteiger partial charge in [0.2, 0.25) is 15.9 Å². The second-order valence-electron chi connectivity index (χ2n) is 10.3. The fourth-order valence-electron chi connectivity index (χ4n) is 6.35. The lowest BCUT2D eigenvalue weighted by atomic mass is 9.81. The van der Waals surface area contributed by atoms with E-state index >= 15 is 0 Å². The number of hydrogen-bond acceptors (Lipinski definition) is 6. The highest BCUT2D eigenvalue weighted by Gasteiger charge is 2.84. The van der Waals surface area contributed by atoms with E-state index in [2.05, 4.69) is 21.3 Å². The number of carbonyl (C=O) groups is 1. The molecule has 1 saturated carbocycles. The quantitative estimate of drug-likeness (QED) is 0.600. The van der Waals surface area contributed by atoms with Crippen molar-refractivity contribution in [2.75, 3.05) is 31.8 Å². The Morgan fingerprint density at radius 2 is 1.95 bits per heavy atom. The number of halogens is 1. The summed E-state index contributed by atoms with van der Waals surface area (Å²) in [6.45, 7) is 1.97. The number of nitrogens with one attached hydrogen (secondary N) is 1. The number of hydrogen-bond donors (Lipinski definition) is 1. The minimum atomic E-state index is -3.38. The molecule has 1 aromatic heterocycles. The summed E-state index contributed by atoms with van der Waals surface area (Å²) in [7, 11) is -1.78. The van der Waals surface area contributed by atoms with Crippen LogP contribution in [0.3, 0.4) is 0 Å². The Morgan fingerprint density at radius 1 is 1.19 bits per heavy atom. The van der Waals surface area contributed by atoms with Gasteiger partial charge < -0.3 is 15.0 Å². The molecule has 11 heteroatoms. The van der Waals surface area contributed by atoms with Crippen LogP contribution >= 0.6 is 0 Å². The van der Waals surface area contributed by atoms with Gasteiger partial charge in [-0.15, -0.1) is 4.31 Å². The molecule has 37 heavy (non-hydrogen) atoms. The number of urea groups is 1. The highest BCUT2D eigenvalue weighted by atomic mass is 32.2. The number of amides is 2. The molecule has 2 atom stereocenters. The van der Waals surface area contributed by atoms with Gasteiger partial charge in [-0.2, -0.15) is 0 Å². The third kappa shape index (κ3) is 3.79. The molecule has 4 aliphatic rings. The van der Waals surface area contributed by atoms with Crippen LogP contribution in [0.2, 0.25) is 0 Å². The number of carbonyl (C=O) groups excluding carboxylic acids is 1. The van der Waals surface area contributed by atoms with E-state index in [1.54, 1.807) is 16.3 Å². The number of benzene rings is 1. The number of anilines is 1. The Morgan fingerprint density at radius 3 is 2.51 bits per heavy atom. The molecule has 1 aromatic carbocycles. The van der Waals surface area contributed by atoms with Crippen molar-refractivity contribution in [3.05, 3.63) is 65.2 Å². The predicted molar refractivity (Wildman–Crippen MR) is 136 cm³/mol. The van der Waals surface area contributed by atoms with Crippen LogP contribution in [0.1, 0.15) is 42.5 Å². The van der Waals surface area contributed by atoms with Gasteiger partial charge in [0, 0.05) is 32.4 Å². The van der Waals surface area contributed by atoms with Crippen LogP contribution in [-0.4, -0.2) is 71.4 Å². The van der Waals surface area contributed by atoms with Crippen molar-refractivity contribution in [3.63, 3.8) is 0 Å². The standard InChI is InChI=1S/C26H30FN5O4S/c1-36-26(25(10-3-11-25)32(26)37(2,34)35)31-12-8-19(9-13-31)18-4-6-22(7-5-18)29-24(33)30-16-20-14-21(27)15-28-23(20)17-30/h4-8,14-15H,3,9-13,16-17H2,1-2H3,(H,29,33). The highest BCUT2D eigenvalue weighted by molar-refractivity contribution is 7.88. The SMILES string of the molecule is COC1(N2CC=C(c3ccc(NC(=O)N4Cc5cc(F)cnc5C4)cc3)CC2)N(S(C)(=O)=O)C12CCC2. The number of fused-ring (bicyclic) bond motifs is 1. The van der Waals surface area contributed by atoms with Gasteiger partial charge in [0.05, 0.1) is 30.2 Å². The normalized spacial score (nSPS) is 26.4. The molecule has 1 spiro atoms. The zero-order valence-corrected chi connectivity index (χ0v) is 21.7. The molecule has 1 saturated heterocycles. The minimum Gasteiger partial charge on any atom is -0.348 e. The largest absolute Gasteiger partial charge is 0.348 e. The van der Waals surface area contributed by atoms with Crippen LogP contribution in [0.25, 0.3) is 5.57 Å². The molecule has 4 heterocycles. The summed E-state index contributed by atoms with van der Waals surface area (Å²) < 4.78 is 46.0. The molecule has 196 valence electrons. The molecule has 2 fully saturated rings. The number of nitrogens with zero attached hydrogens (tertiary/aromatic N) is 4. The van der Waals surface area contributed by atoms with Crippen LogP contribution in [0, 0.1) is 5.82 Å². The van der Waals surface area contributed by atoms with E-state index in [0.717, 1.165) is 42.5 Å². The van der Waals surface area contributed by atoms with E-state index in [9.17, 15) is 17.6 Å². The van der Waals surface area contributed by atoms with Crippen molar-refractivity contribution in [2.45, 2.75) is 50.2 Å². The molecule has 0 bridgehead atoms. The molecule has 6 rings (SSSR count). The first-order valence-corrected chi connectivity index (χ1v) is 14.3. The van der Waals surface area contributed by atoms with Gasteiger partial charge in [-0.05, 0) is 60.6 Å². The first-order valence-electron chi connectivity index (χ1n) is 12.5. The second-order valence-corrected chi connectivity index (χ2v) is 12.1. The lowest BCUT2D eigenvalue weighted by Crippen LogP contribution is -2.50. The maximum absolute atomic E-state index is 13.4. The Kier molecular flexibility index (Phi) is 5.68. The summed E-state index contributed by atoms with van der Waals surface area (Å²) in [5.41, 5.74) is 3.93. The van der Waals surface area contributed by atoms with Gasteiger partial charge in [-0.3, -0.25) is 9.88 Å². The summed E-state index contributed by atoms with van der Waals surface area (Å²) in [6, 6.07) is 8.86. The zero-order chi connectivity index (χ0) is 26.0. The molecular weight excluding hydrogens is 497 g/mol. The van der Waals surface area contributed by atoms with E-state index in [0.29, 0.717) is 31.9 Å². The van der Waals surface area contributed by atoms with Crippen molar-refractivity contribution >= 4 is 27.3 Å². The molecule has 1 aliphatic carbocycles. The van der Waals surface area contributed by atoms with Crippen LogP contribution in [0.4, 0.5) is 14.9 Å². The number of aromatic nitrogens is 1. The lowest BCUT2D eigenvalue weighted by molar-refractivity contribution is -0.0934. The first-order chi connectivity index (χ1) is 17.7. The Bertz CT molecular complexity index is 1390. The van der Waals surface area contributed by atoms with Gasteiger partial charge in [0.1, 0.15) is 5.82 Å². The third-order valence-electron chi connectivity index (χ3n) is 8.18. The van der Waals surface area contributed by atoms with Gasteiger partial charge in [0.25, 0.3) is 0 Å². The summed E-state index contributed by atoms with van der Waals surface area (Å²) in [5, 5.41) is 2.91. The fraction of sp³-hybridized carbons (Fsp3) is 0.462. The number of pyridine rings is 1. The number of sulfonamides is 1. The lowest BCUT2D eigenvalue weighted by Gasteiger charge is -2.37. The second kappa shape index (κ2) is 8.59. The highest BCUT2D eigenvalue weighted by Crippen LogP contribution is 2.66. The van der Waals surface area contributed by atoms with E-state index in [1.807, 2.05) is 24.3 Å². The molecular formula is C26H30FN5O4S. The van der Waals surface area contributed by atoms with Crippen molar-refractivity contribution in [2.24, 2.45) is 0 Å². The molecule has 1 N–H and O–H groups in total. The predicted octanol–water partition coefficient (Wildman–Crippen LogP) is 3.36. The monoisotopic (exact) mass is 527 g/mol. The fourth-order valence-corrected chi connectivity index (χ4v) is 8.05. The first kappa shape index (κ1) is 24.5. The van der Waals surface area contributed by atoms with E-state index in [1.165, 1.54) is 24.1 Å². The molecule has 2 amide bonds. The molecule has 2 aromatic rings. The summed E-state index contributed by atoms with van der Waals surface area (Å²) in [5.74, 6) is -1.28. The van der Waals surface area contributed by atoms with Crippen LogP contribution < -0.4 is 5.32 Å². The van der Waals surface area contributed by atoms with Crippen molar-refractivity contribution < 1.29 is 22.3 Å². The van der Waals surface area contributed by atoms with E-state index < -0.39 is 27.2 Å². The van der Waals surface area contributed by atoms with Gasteiger partial charge in [-0.1, -0.05) is 18.2 Å². The zero-order valence-electron chi connectivity index (χ0n) is 20.9. The van der Waals surface area contributed by atoms with E-state index in [4.69, 9.17) is 4.74 Å².